The van der Waals surface area contributed by atoms with Crippen molar-refractivity contribution in [3.63, 3.8) is 0 Å². The number of rotatable bonds is 11. The number of anilines is 2. The number of aryl methyl sites for hydroxylation is 2. The Hall–Kier alpha value is -4.14. The number of hydrogen-bond acceptors (Lipinski definition) is 7. The van der Waals surface area contributed by atoms with Crippen molar-refractivity contribution in [3.8, 4) is 11.1 Å². The number of carbonyl (C=O) groups is 3. The maximum absolute atomic E-state index is 12.9. The molecule has 0 aliphatic carbocycles. The van der Waals surface area contributed by atoms with Gasteiger partial charge in [-0.25, -0.2) is 0 Å². The zero-order valence-electron chi connectivity index (χ0n) is 23.5. The van der Waals surface area contributed by atoms with Crippen LogP contribution in [-0.4, -0.2) is 53.5 Å². The number of unbranched alkanes of at least 4 members (excludes halogenated alkanes) is 2. The number of imide groups is 1. The molecule has 0 saturated carbocycles. The molecule has 9 nitrogen and oxygen atoms in total. The molecule has 3 heterocycles. The number of aromatic nitrogens is 1. The highest BCUT2D eigenvalue weighted by Gasteiger charge is 2.39. The van der Waals surface area contributed by atoms with Crippen LogP contribution < -0.4 is 15.5 Å². The van der Waals surface area contributed by atoms with E-state index in [9.17, 15) is 14.4 Å². The van der Waals surface area contributed by atoms with Gasteiger partial charge in [0.25, 0.3) is 5.91 Å². The molecule has 1 saturated heterocycles. The smallest absolute Gasteiger partial charge is 0.255 e. The molecule has 210 valence electrons. The van der Waals surface area contributed by atoms with Gasteiger partial charge in [0.05, 0.1) is 5.69 Å². The fraction of sp³-hybridized carbons (Fsp3) is 0.419. The van der Waals surface area contributed by atoms with Crippen LogP contribution in [0.2, 0.25) is 0 Å². The topological polar surface area (TPSA) is 108 Å². The summed E-state index contributed by atoms with van der Waals surface area (Å²) >= 11 is 0. The van der Waals surface area contributed by atoms with Gasteiger partial charge in [-0.2, -0.15) is 0 Å². The monoisotopic (exact) mass is 543 g/mol. The van der Waals surface area contributed by atoms with E-state index in [-0.39, 0.29) is 24.1 Å². The molecular weight excluding hydrogens is 506 g/mol. The molecule has 5 rings (SSSR count). The van der Waals surface area contributed by atoms with Crippen molar-refractivity contribution in [2.45, 2.75) is 65.5 Å². The lowest BCUT2D eigenvalue weighted by atomic mass is 10.0. The Morgan fingerprint density at radius 2 is 1.88 bits per heavy atom. The van der Waals surface area contributed by atoms with Gasteiger partial charge in [0.15, 0.2) is 0 Å². The van der Waals surface area contributed by atoms with Crippen molar-refractivity contribution in [2.75, 3.05) is 29.9 Å². The van der Waals surface area contributed by atoms with Crippen molar-refractivity contribution < 1.29 is 18.9 Å². The average Bonchev–Trinajstić information content (AvgIpc) is 3.46. The molecule has 2 aliphatic heterocycles. The van der Waals surface area contributed by atoms with E-state index in [1.165, 1.54) is 5.69 Å². The summed E-state index contributed by atoms with van der Waals surface area (Å²) in [6, 6.07) is 13.8. The third-order valence-electron chi connectivity index (χ3n) is 7.89. The summed E-state index contributed by atoms with van der Waals surface area (Å²) in [7, 11) is 0. The zero-order valence-corrected chi connectivity index (χ0v) is 23.5. The predicted octanol–water partition coefficient (Wildman–Crippen LogP) is 4.83. The Morgan fingerprint density at radius 1 is 1.07 bits per heavy atom. The first-order chi connectivity index (χ1) is 19.4. The molecule has 2 aliphatic rings. The van der Waals surface area contributed by atoms with Crippen molar-refractivity contribution >= 4 is 29.1 Å². The first-order valence-corrected chi connectivity index (χ1v) is 14.2. The van der Waals surface area contributed by atoms with Gasteiger partial charge < -0.3 is 19.6 Å². The number of nitrogens with one attached hydrogen (secondary N) is 2. The third kappa shape index (κ3) is 5.73. The van der Waals surface area contributed by atoms with Crippen molar-refractivity contribution in [2.24, 2.45) is 0 Å². The van der Waals surface area contributed by atoms with Gasteiger partial charge >= 0.3 is 0 Å². The molecule has 1 atom stereocenters. The second-order valence-electron chi connectivity index (χ2n) is 10.6. The molecule has 3 amide bonds. The van der Waals surface area contributed by atoms with E-state index in [1.54, 1.807) is 4.90 Å². The van der Waals surface area contributed by atoms with E-state index in [2.05, 4.69) is 51.9 Å². The zero-order chi connectivity index (χ0) is 28.2. The number of amides is 3. The highest BCUT2D eigenvalue weighted by Crippen LogP contribution is 2.30. The normalized spacial score (nSPS) is 16.7. The van der Waals surface area contributed by atoms with Crippen LogP contribution in [0.1, 0.15) is 66.4 Å². The molecule has 0 radical (unpaired) electrons. The molecule has 1 aromatic heterocycles. The lowest BCUT2D eigenvalue weighted by molar-refractivity contribution is -0.136. The fourth-order valence-electron chi connectivity index (χ4n) is 5.73. The average molecular weight is 544 g/mol. The largest absolute Gasteiger partial charge is 0.385 e. The highest BCUT2D eigenvalue weighted by atomic mass is 16.5. The van der Waals surface area contributed by atoms with Crippen LogP contribution in [0.25, 0.3) is 11.1 Å². The van der Waals surface area contributed by atoms with Gasteiger partial charge in [-0.05, 0) is 87.9 Å². The first-order valence-electron chi connectivity index (χ1n) is 14.2. The fourth-order valence-corrected chi connectivity index (χ4v) is 5.73. The molecule has 0 spiro atoms. The van der Waals surface area contributed by atoms with E-state index < -0.39 is 6.04 Å². The van der Waals surface area contributed by atoms with Crippen LogP contribution in [0.15, 0.2) is 47.0 Å². The summed E-state index contributed by atoms with van der Waals surface area (Å²) in [4.78, 5) is 40.6. The Kier molecular flexibility index (Phi) is 8.19. The lowest BCUT2D eigenvalue weighted by Crippen LogP contribution is -2.52. The SMILES string of the molecule is CCN(CCCCCNc1ccc2c(c1)CN(C1CCC(=O)NC1=O)C2=O)c1ccc(-c2c(C)noc2C)cc1. The van der Waals surface area contributed by atoms with Crippen molar-refractivity contribution in [1.29, 1.82) is 0 Å². The van der Waals surface area contributed by atoms with Gasteiger partial charge in [0, 0.05) is 55.1 Å². The maximum Gasteiger partial charge on any atom is 0.255 e. The van der Waals surface area contributed by atoms with Gasteiger partial charge in [-0.15, -0.1) is 0 Å². The molecule has 9 heteroatoms. The minimum Gasteiger partial charge on any atom is -0.385 e. The molecule has 2 aromatic carbocycles. The number of hydrogen-bond donors (Lipinski definition) is 2. The number of benzene rings is 2. The van der Waals surface area contributed by atoms with Crippen LogP contribution in [0, 0.1) is 13.8 Å². The summed E-state index contributed by atoms with van der Waals surface area (Å²) in [6.45, 7) is 9.29. The number of piperidine rings is 1. The molecule has 3 aromatic rings. The predicted molar refractivity (Wildman–Crippen MR) is 154 cm³/mol. The van der Waals surface area contributed by atoms with E-state index in [4.69, 9.17) is 4.52 Å². The second-order valence-corrected chi connectivity index (χ2v) is 10.6. The van der Waals surface area contributed by atoms with E-state index in [1.807, 2.05) is 32.0 Å². The van der Waals surface area contributed by atoms with Crippen LogP contribution >= 0.6 is 0 Å². The number of nitrogens with zero attached hydrogens (tertiary/aromatic N) is 3. The van der Waals surface area contributed by atoms with Gasteiger partial charge in [0.1, 0.15) is 11.8 Å². The summed E-state index contributed by atoms with van der Waals surface area (Å²) in [6.07, 6.45) is 3.88. The van der Waals surface area contributed by atoms with Crippen LogP contribution in [0.4, 0.5) is 11.4 Å². The molecular formula is C31H37N5O4. The number of fused-ring (bicyclic) bond motifs is 1. The Bertz CT molecular complexity index is 1380. The molecule has 0 bridgehead atoms. The van der Waals surface area contributed by atoms with E-state index in [0.717, 1.165) is 72.7 Å². The summed E-state index contributed by atoms with van der Waals surface area (Å²) in [5.74, 6) is 0.0393. The molecule has 1 fully saturated rings. The highest BCUT2D eigenvalue weighted by molar-refractivity contribution is 6.05. The standard InChI is InChI=1S/C31H37N5O4/c1-4-35(25-11-8-22(9-12-25)29-20(2)34-40-21(29)3)17-7-5-6-16-32-24-10-13-26-23(18-24)19-36(31(26)39)27-14-15-28(37)33-30(27)38/h8-13,18,27,32H,4-7,14-17,19H2,1-3H3,(H,33,37,38). The Morgan fingerprint density at radius 3 is 2.58 bits per heavy atom. The lowest BCUT2D eigenvalue weighted by Gasteiger charge is -2.29. The first kappa shape index (κ1) is 27.4. The Balaban J connectivity index is 1.06. The van der Waals surface area contributed by atoms with Crippen LogP contribution in [-0.2, 0) is 16.1 Å². The van der Waals surface area contributed by atoms with Gasteiger partial charge in [0.2, 0.25) is 11.8 Å². The molecule has 40 heavy (non-hydrogen) atoms. The van der Waals surface area contributed by atoms with Crippen LogP contribution in [0.5, 0.6) is 0 Å². The summed E-state index contributed by atoms with van der Waals surface area (Å²) < 4.78 is 5.32. The summed E-state index contributed by atoms with van der Waals surface area (Å²) in [5.41, 5.74) is 6.85. The maximum atomic E-state index is 12.9. The van der Waals surface area contributed by atoms with Gasteiger partial charge in [-0.1, -0.05) is 17.3 Å². The Labute approximate surface area is 234 Å². The third-order valence-corrected chi connectivity index (χ3v) is 7.89. The minimum absolute atomic E-state index is 0.144. The van der Waals surface area contributed by atoms with Crippen LogP contribution in [0.3, 0.4) is 0 Å². The molecule has 1 unspecified atom stereocenters. The second kappa shape index (κ2) is 11.9. The molecule has 2 N–H and O–H groups in total. The van der Waals surface area contributed by atoms with Crippen molar-refractivity contribution in [1.82, 2.24) is 15.4 Å². The quantitative estimate of drug-likeness (QED) is 0.264. The number of carbonyl (C=O) groups excluding carboxylic acids is 3. The van der Waals surface area contributed by atoms with Crippen molar-refractivity contribution in [3.05, 3.63) is 65.0 Å². The minimum atomic E-state index is -0.586. The van der Waals surface area contributed by atoms with Gasteiger partial charge in [-0.3, -0.25) is 19.7 Å². The van der Waals surface area contributed by atoms with E-state index in [0.29, 0.717) is 18.5 Å². The summed E-state index contributed by atoms with van der Waals surface area (Å²) in [5, 5.41) is 9.89. The van der Waals surface area contributed by atoms with E-state index >= 15 is 0 Å².